The Morgan fingerprint density at radius 3 is 1.96 bits per heavy atom. The van der Waals surface area contributed by atoms with Crippen molar-refractivity contribution in [1.82, 2.24) is 5.32 Å². The van der Waals surface area contributed by atoms with E-state index in [9.17, 15) is 14.4 Å². The molecule has 0 spiro atoms. The number of rotatable bonds is 12. The van der Waals surface area contributed by atoms with Crippen LogP contribution in [0.2, 0.25) is 0 Å². The Labute approximate surface area is 279 Å². The molecule has 11 heteroatoms. The minimum atomic E-state index is -0.554. The van der Waals surface area contributed by atoms with Crippen LogP contribution < -0.4 is 30.2 Å². The first-order valence-electron chi connectivity index (χ1n) is 13.7. The second kappa shape index (κ2) is 16.0. The fourth-order valence-corrected chi connectivity index (χ4v) is 5.34. The number of hydrogen-bond acceptors (Lipinski definition) is 7. The number of carbonyl (C=O) groups excluding carboxylic acids is 3. The molecular weight excluding hydrogens is 705 g/mol. The van der Waals surface area contributed by atoms with Crippen molar-refractivity contribution in [3.05, 3.63) is 111 Å². The van der Waals surface area contributed by atoms with Gasteiger partial charge in [0.15, 0.2) is 11.5 Å². The molecule has 0 saturated heterocycles. The fraction of sp³-hybridized carbons (Fsp3) is 0.147. The molecule has 4 aromatic rings. The molecule has 0 saturated carbocycles. The zero-order chi connectivity index (χ0) is 32.3. The molecule has 0 aromatic heterocycles. The normalized spacial score (nSPS) is 11.6. The van der Waals surface area contributed by atoms with E-state index in [-0.39, 0.29) is 16.9 Å². The third-order valence-electron chi connectivity index (χ3n) is 6.47. The number of methoxy groups -OCH3 is 3. The van der Waals surface area contributed by atoms with Crippen LogP contribution in [0.3, 0.4) is 0 Å². The average Bonchev–Trinajstić information content (AvgIpc) is 3.06. The van der Waals surface area contributed by atoms with Crippen molar-refractivity contribution in [3.63, 3.8) is 0 Å². The lowest BCUT2D eigenvalue weighted by Gasteiger charge is -2.15. The number of benzene rings is 4. The summed E-state index contributed by atoms with van der Waals surface area (Å²) in [5, 5.41) is 8.13. The number of amides is 3. The van der Waals surface area contributed by atoms with Gasteiger partial charge in [-0.3, -0.25) is 14.4 Å². The number of thioether (sulfide) groups is 1. The molecule has 45 heavy (non-hydrogen) atoms. The summed E-state index contributed by atoms with van der Waals surface area (Å²) >= 11 is 3.61. The molecule has 0 aliphatic rings. The largest absolute Gasteiger partial charge is 0.496 e. The molecule has 0 aliphatic heterocycles. The van der Waals surface area contributed by atoms with Gasteiger partial charge in [0, 0.05) is 37.0 Å². The minimum absolute atomic E-state index is 0.0197. The van der Waals surface area contributed by atoms with Gasteiger partial charge in [0.05, 0.1) is 26.6 Å². The maximum atomic E-state index is 13.6. The van der Waals surface area contributed by atoms with Crippen LogP contribution in [0.1, 0.15) is 22.8 Å². The van der Waals surface area contributed by atoms with E-state index in [0.29, 0.717) is 34.1 Å². The molecule has 0 aliphatic carbocycles. The van der Waals surface area contributed by atoms with Crippen molar-refractivity contribution in [2.75, 3.05) is 32.0 Å². The van der Waals surface area contributed by atoms with E-state index < -0.39 is 11.8 Å². The predicted molar refractivity (Wildman–Crippen MR) is 186 cm³/mol. The lowest BCUT2D eigenvalue weighted by atomic mass is 10.1. The van der Waals surface area contributed by atoms with Crippen molar-refractivity contribution in [2.24, 2.45) is 0 Å². The third kappa shape index (κ3) is 9.25. The molecule has 1 unspecified atom stereocenters. The molecule has 232 valence electrons. The first kappa shape index (κ1) is 33.4. The molecule has 4 aromatic carbocycles. The van der Waals surface area contributed by atoms with E-state index in [1.165, 1.54) is 39.2 Å². The zero-order valence-corrected chi connectivity index (χ0v) is 28.0. The van der Waals surface area contributed by atoms with Gasteiger partial charge in [-0.15, -0.1) is 11.8 Å². The van der Waals surface area contributed by atoms with Crippen molar-refractivity contribution < 1.29 is 28.6 Å². The Kier molecular flexibility index (Phi) is 11.9. The van der Waals surface area contributed by atoms with E-state index in [1.807, 2.05) is 43.3 Å². The lowest BCUT2D eigenvalue weighted by Crippen LogP contribution is -2.30. The highest BCUT2D eigenvalue weighted by molar-refractivity contribution is 14.1. The Morgan fingerprint density at radius 2 is 1.33 bits per heavy atom. The summed E-state index contributed by atoms with van der Waals surface area (Å²) in [6.07, 6.45) is 1.51. The van der Waals surface area contributed by atoms with Crippen LogP contribution in [0.5, 0.6) is 17.2 Å². The third-order valence-corrected chi connectivity index (χ3v) is 8.30. The maximum absolute atomic E-state index is 13.6. The smallest absolute Gasteiger partial charge is 0.272 e. The summed E-state index contributed by atoms with van der Waals surface area (Å²) in [4.78, 5) is 40.2. The molecule has 9 nitrogen and oxygen atoms in total. The monoisotopic (exact) mass is 737 g/mol. The van der Waals surface area contributed by atoms with Crippen LogP contribution in [-0.4, -0.2) is 44.3 Å². The van der Waals surface area contributed by atoms with Gasteiger partial charge in [0.25, 0.3) is 11.8 Å². The highest BCUT2D eigenvalue weighted by Crippen LogP contribution is 2.35. The second-order valence-electron chi connectivity index (χ2n) is 9.56. The Hall–Kier alpha value is -4.49. The van der Waals surface area contributed by atoms with Crippen molar-refractivity contribution >= 4 is 69.5 Å². The summed E-state index contributed by atoms with van der Waals surface area (Å²) in [6.45, 7) is 1.83. The van der Waals surface area contributed by atoms with E-state index >= 15 is 0 Å². The molecule has 3 N–H and O–H groups in total. The molecule has 0 fully saturated rings. The van der Waals surface area contributed by atoms with Gasteiger partial charge in [0.2, 0.25) is 5.91 Å². The van der Waals surface area contributed by atoms with Gasteiger partial charge in [0.1, 0.15) is 11.4 Å². The second-order valence-corrected chi connectivity index (χ2v) is 12.2. The van der Waals surface area contributed by atoms with Crippen LogP contribution in [-0.2, 0) is 9.59 Å². The SMILES string of the molecule is COc1cc(OC)c(OC)cc1/C=C(\NC(=O)c1ccccc1)C(=O)Nc1ccc(SC(C)C(=O)Nc2ccc(I)cc2)cc1. The highest BCUT2D eigenvalue weighted by atomic mass is 127. The number of hydrogen-bond donors (Lipinski definition) is 3. The van der Waals surface area contributed by atoms with Gasteiger partial charge in [-0.05, 0) is 102 Å². The Balaban J connectivity index is 1.52. The van der Waals surface area contributed by atoms with Crippen molar-refractivity contribution in [1.29, 1.82) is 0 Å². The number of anilines is 2. The molecule has 0 radical (unpaired) electrons. The molecular formula is C34H32IN3O6S. The molecule has 0 bridgehead atoms. The van der Waals surface area contributed by atoms with Gasteiger partial charge in [-0.2, -0.15) is 0 Å². The zero-order valence-electron chi connectivity index (χ0n) is 25.1. The van der Waals surface area contributed by atoms with Crippen LogP contribution >= 0.6 is 34.4 Å². The molecule has 0 heterocycles. The molecule has 1 atom stereocenters. The first-order valence-corrected chi connectivity index (χ1v) is 15.7. The Morgan fingerprint density at radius 1 is 0.756 bits per heavy atom. The Bertz CT molecular complexity index is 1680. The summed E-state index contributed by atoms with van der Waals surface area (Å²) in [6, 6.07) is 26.6. The summed E-state index contributed by atoms with van der Waals surface area (Å²) in [5.41, 5.74) is 2.09. The van der Waals surface area contributed by atoms with Gasteiger partial charge >= 0.3 is 0 Å². The van der Waals surface area contributed by atoms with Crippen LogP contribution in [0, 0.1) is 3.57 Å². The lowest BCUT2D eigenvalue weighted by molar-refractivity contribution is -0.115. The number of ether oxygens (including phenoxy) is 3. The van der Waals surface area contributed by atoms with Crippen LogP contribution in [0.4, 0.5) is 11.4 Å². The predicted octanol–water partition coefficient (Wildman–Crippen LogP) is 6.85. The van der Waals surface area contributed by atoms with Gasteiger partial charge in [-0.25, -0.2) is 0 Å². The van der Waals surface area contributed by atoms with Crippen LogP contribution in [0.15, 0.2) is 102 Å². The summed E-state index contributed by atoms with van der Waals surface area (Å²) < 4.78 is 17.4. The van der Waals surface area contributed by atoms with E-state index in [2.05, 4.69) is 38.5 Å². The van der Waals surface area contributed by atoms with E-state index in [4.69, 9.17) is 14.2 Å². The minimum Gasteiger partial charge on any atom is -0.496 e. The highest BCUT2D eigenvalue weighted by Gasteiger charge is 2.19. The quantitative estimate of drug-likeness (QED) is 0.0829. The van der Waals surface area contributed by atoms with Gasteiger partial charge in [-0.1, -0.05) is 18.2 Å². The number of halogens is 1. The number of carbonyl (C=O) groups is 3. The van der Waals surface area contributed by atoms with Crippen molar-refractivity contribution in [2.45, 2.75) is 17.1 Å². The molecule has 3 amide bonds. The standard InChI is InChI=1S/C34H32IN3O6S/c1-21(32(39)36-25-12-10-24(35)11-13-25)45-27-16-14-26(15-17-27)37-34(41)28(38-33(40)22-8-6-5-7-9-22)18-23-19-30(43-3)31(44-4)20-29(23)42-2/h5-21H,1-4H3,(H,36,39)(H,37,41)(H,38,40)/b28-18-. The summed E-state index contributed by atoms with van der Waals surface area (Å²) in [7, 11) is 4.50. The van der Waals surface area contributed by atoms with E-state index in [0.717, 1.165) is 14.2 Å². The fourth-order valence-electron chi connectivity index (χ4n) is 4.11. The number of nitrogens with one attached hydrogen (secondary N) is 3. The first-order chi connectivity index (χ1) is 21.7. The summed E-state index contributed by atoms with van der Waals surface area (Å²) in [5.74, 6) is 0.155. The maximum Gasteiger partial charge on any atom is 0.272 e. The topological polar surface area (TPSA) is 115 Å². The van der Waals surface area contributed by atoms with Crippen molar-refractivity contribution in [3.8, 4) is 17.2 Å². The molecule has 4 rings (SSSR count). The van der Waals surface area contributed by atoms with Crippen LogP contribution in [0.25, 0.3) is 6.08 Å². The average molecular weight is 738 g/mol. The van der Waals surface area contributed by atoms with Gasteiger partial charge < -0.3 is 30.2 Å². The van der Waals surface area contributed by atoms with E-state index in [1.54, 1.807) is 54.6 Å².